The van der Waals surface area contributed by atoms with Crippen LogP contribution in [0.25, 0.3) is 5.69 Å². The molecule has 0 bridgehead atoms. The molecule has 0 saturated carbocycles. The Morgan fingerprint density at radius 1 is 0.970 bits per heavy atom. The number of nitrogens with one attached hydrogen (secondary N) is 2. The molecule has 0 atom stereocenters. The number of carbonyl (C=O) groups excluding carboxylic acids is 1. The number of rotatable bonds is 8. The maximum Gasteiger partial charge on any atom is 0.234 e. The number of aromatic nitrogens is 3. The molecule has 1 heterocycles. The molecule has 4 rings (SSSR count). The van der Waals surface area contributed by atoms with Crippen molar-refractivity contribution in [1.82, 2.24) is 14.8 Å². The second kappa shape index (κ2) is 10.7. The number of aryl methyl sites for hydroxylation is 1. The third-order valence-corrected chi connectivity index (χ3v) is 6.28. The topological polar surface area (TPSA) is 71.8 Å². The van der Waals surface area contributed by atoms with Gasteiger partial charge in [0.2, 0.25) is 5.91 Å². The lowest BCUT2D eigenvalue weighted by Gasteiger charge is -2.12. The summed E-state index contributed by atoms with van der Waals surface area (Å²) in [5, 5.41) is 16.6. The van der Waals surface area contributed by atoms with E-state index in [1.165, 1.54) is 17.3 Å². The van der Waals surface area contributed by atoms with E-state index in [0.29, 0.717) is 33.3 Å². The molecule has 0 saturated heterocycles. The number of hydrogen-bond acceptors (Lipinski definition) is 5. The van der Waals surface area contributed by atoms with Crippen LogP contribution in [0.2, 0.25) is 10.0 Å². The van der Waals surface area contributed by atoms with E-state index in [2.05, 4.69) is 20.8 Å². The van der Waals surface area contributed by atoms with Gasteiger partial charge in [-0.2, -0.15) is 0 Å². The molecular formula is C24H21Cl2N5OS. The van der Waals surface area contributed by atoms with Crippen LogP contribution >= 0.6 is 35.0 Å². The highest BCUT2D eigenvalue weighted by atomic mass is 35.5. The van der Waals surface area contributed by atoms with Crippen molar-refractivity contribution in [3.05, 3.63) is 94.2 Å². The van der Waals surface area contributed by atoms with Crippen LogP contribution in [0.4, 0.5) is 11.4 Å². The molecule has 0 unspecified atom stereocenters. The maximum absolute atomic E-state index is 12.5. The van der Waals surface area contributed by atoms with E-state index in [0.717, 1.165) is 11.4 Å². The summed E-state index contributed by atoms with van der Waals surface area (Å²) in [7, 11) is 0. The van der Waals surface area contributed by atoms with E-state index >= 15 is 0 Å². The van der Waals surface area contributed by atoms with Crippen LogP contribution < -0.4 is 10.6 Å². The lowest BCUT2D eigenvalue weighted by molar-refractivity contribution is -0.113. The number of amides is 1. The number of halogens is 2. The predicted octanol–water partition coefficient (Wildman–Crippen LogP) is 6.23. The van der Waals surface area contributed by atoms with Gasteiger partial charge in [-0.1, -0.05) is 64.8 Å². The molecule has 0 aliphatic carbocycles. The van der Waals surface area contributed by atoms with Gasteiger partial charge in [-0.15, -0.1) is 10.2 Å². The molecule has 0 fully saturated rings. The first-order valence-electron chi connectivity index (χ1n) is 10.2. The normalized spacial score (nSPS) is 10.8. The van der Waals surface area contributed by atoms with Crippen molar-refractivity contribution in [3.63, 3.8) is 0 Å². The fourth-order valence-corrected chi connectivity index (χ4v) is 4.17. The summed E-state index contributed by atoms with van der Waals surface area (Å²) in [5.74, 6) is 0.687. The summed E-state index contributed by atoms with van der Waals surface area (Å²) in [5.41, 5.74) is 3.62. The Bertz CT molecular complexity index is 1240. The molecule has 4 aromatic rings. The second-order valence-corrected chi connectivity index (χ2v) is 9.03. The molecule has 6 nitrogen and oxygen atoms in total. The Balaban J connectivity index is 1.51. The quantitative estimate of drug-likeness (QED) is 0.282. The first-order valence-corrected chi connectivity index (χ1v) is 11.9. The fourth-order valence-electron chi connectivity index (χ4n) is 3.09. The van der Waals surface area contributed by atoms with Gasteiger partial charge in [0.1, 0.15) is 0 Å². The Labute approximate surface area is 206 Å². The molecule has 168 valence electrons. The highest BCUT2D eigenvalue weighted by Crippen LogP contribution is 2.25. The van der Waals surface area contributed by atoms with Crippen LogP contribution in [0, 0.1) is 6.92 Å². The molecule has 3 aromatic carbocycles. The van der Waals surface area contributed by atoms with E-state index in [1.54, 1.807) is 12.1 Å². The third kappa shape index (κ3) is 6.07. The van der Waals surface area contributed by atoms with Crippen LogP contribution in [0.5, 0.6) is 0 Å². The van der Waals surface area contributed by atoms with Crippen molar-refractivity contribution < 1.29 is 4.79 Å². The first-order chi connectivity index (χ1) is 16.0. The average molecular weight is 498 g/mol. The zero-order chi connectivity index (χ0) is 23.2. The van der Waals surface area contributed by atoms with Gasteiger partial charge in [-0.25, -0.2) is 0 Å². The molecule has 0 radical (unpaired) electrons. The van der Waals surface area contributed by atoms with E-state index in [4.69, 9.17) is 23.2 Å². The van der Waals surface area contributed by atoms with Crippen molar-refractivity contribution in [1.29, 1.82) is 0 Å². The lowest BCUT2D eigenvalue weighted by Crippen LogP contribution is -2.15. The van der Waals surface area contributed by atoms with Gasteiger partial charge < -0.3 is 10.6 Å². The standard InChI is InChI=1S/C24H21Cl2N5OS/c1-16-6-10-18(11-7-16)27-14-22-29-30-24(31(22)19-12-8-17(25)9-13-19)33-15-23(32)28-21-5-3-2-4-20(21)26/h2-13,27H,14-15H2,1H3,(H,28,32). The summed E-state index contributed by atoms with van der Waals surface area (Å²) >= 11 is 13.5. The van der Waals surface area contributed by atoms with Crippen LogP contribution in [-0.4, -0.2) is 26.4 Å². The molecule has 2 N–H and O–H groups in total. The minimum atomic E-state index is -0.182. The second-order valence-electron chi connectivity index (χ2n) is 7.25. The molecule has 0 aliphatic heterocycles. The number of para-hydroxylation sites is 1. The van der Waals surface area contributed by atoms with E-state index in [1.807, 2.05) is 72.2 Å². The van der Waals surface area contributed by atoms with Crippen molar-refractivity contribution in [3.8, 4) is 5.69 Å². The van der Waals surface area contributed by atoms with Gasteiger partial charge in [0.25, 0.3) is 0 Å². The summed E-state index contributed by atoms with van der Waals surface area (Å²) in [6.45, 7) is 2.51. The average Bonchev–Trinajstić information content (AvgIpc) is 3.22. The number of hydrogen-bond donors (Lipinski definition) is 2. The Morgan fingerprint density at radius 2 is 1.70 bits per heavy atom. The predicted molar refractivity (Wildman–Crippen MR) is 136 cm³/mol. The highest BCUT2D eigenvalue weighted by Gasteiger charge is 2.16. The van der Waals surface area contributed by atoms with Crippen LogP contribution in [0.3, 0.4) is 0 Å². The Kier molecular flexibility index (Phi) is 7.54. The van der Waals surface area contributed by atoms with Crippen LogP contribution in [0.15, 0.2) is 78.0 Å². The number of anilines is 2. The van der Waals surface area contributed by atoms with Crippen LogP contribution in [-0.2, 0) is 11.3 Å². The van der Waals surface area contributed by atoms with E-state index in [9.17, 15) is 4.79 Å². The summed E-state index contributed by atoms with van der Waals surface area (Å²) in [4.78, 5) is 12.5. The Morgan fingerprint density at radius 3 is 2.42 bits per heavy atom. The van der Waals surface area contributed by atoms with Crippen molar-refractivity contribution in [2.24, 2.45) is 0 Å². The molecule has 33 heavy (non-hydrogen) atoms. The Hall–Kier alpha value is -3.00. The fraction of sp³-hybridized carbons (Fsp3) is 0.125. The van der Waals surface area contributed by atoms with Crippen molar-refractivity contribution in [2.45, 2.75) is 18.6 Å². The largest absolute Gasteiger partial charge is 0.378 e. The SMILES string of the molecule is Cc1ccc(NCc2nnc(SCC(=O)Nc3ccccc3Cl)n2-c2ccc(Cl)cc2)cc1. The molecule has 0 aliphatic rings. The highest BCUT2D eigenvalue weighted by molar-refractivity contribution is 7.99. The zero-order valence-electron chi connectivity index (χ0n) is 17.8. The molecule has 1 amide bonds. The minimum Gasteiger partial charge on any atom is -0.378 e. The molecule has 1 aromatic heterocycles. The molecule has 0 spiro atoms. The van der Waals surface area contributed by atoms with Crippen molar-refractivity contribution in [2.75, 3.05) is 16.4 Å². The summed E-state index contributed by atoms with van der Waals surface area (Å²) in [6.07, 6.45) is 0. The molecule has 9 heteroatoms. The first kappa shape index (κ1) is 23.2. The van der Waals surface area contributed by atoms with Crippen LogP contribution in [0.1, 0.15) is 11.4 Å². The number of carbonyl (C=O) groups is 1. The van der Waals surface area contributed by atoms with E-state index in [-0.39, 0.29) is 11.7 Å². The zero-order valence-corrected chi connectivity index (χ0v) is 20.1. The van der Waals surface area contributed by atoms with Gasteiger partial charge in [0.05, 0.1) is 23.0 Å². The third-order valence-electron chi connectivity index (χ3n) is 4.77. The van der Waals surface area contributed by atoms with Gasteiger partial charge in [0, 0.05) is 16.4 Å². The van der Waals surface area contributed by atoms with Crippen molar-refractivity contribution >= 4 is 52.2 Å². The summed E-state index contributed by atoms with van der Waals surface area (Å²) < 4.78 is 1.92. The van der Waals surface area contributed by atoms with Gasteiger partial charge in [-0.3, -0.25) is 9.36 Å². The molecular weight excluding hydrogens is 477 g/mol. The monoisotopic (exact) mass is 497 g/mol. The number of benzene rings is 3. The lowest BCUT2D eigenvalue weighted by atomic mass is 10.2. The van der Waals surface area contributed by atoms with E-state index < -0.39 is 0 Å². The number of nitrogens with zero attached hydrogens (tertiary/aromatic N) is 3. The van der Waals surface area contributed by atoms with Gasteiger partial charge in [0.15, 0.2) is 11.0 Å². The van der Waals surface area contributed by atoms with Gasteiger partial charge >= 0.3 is 0 Å². The smallest absolute Gasteiger partial charge is 0.234 e. The number of thioether (sulfide) groups is 1. The van der Waals surface area contributed by atoms with Gasteiger partial charge in [-0.05, 0) is 55.5 Å². The summed E-state index contributed by atoms with van der Waals surface area (Å²) in [6, 6.07) is 22.7. The minimum absolute atomic E-state index is 0.155. The maximum atomic E-state index is 12.5.